The van der Waals surface area contributed by atoms with Gasteiger partial charge in [-0.25, -0.2) is 12.7 Å². The number of benzene rings is 1. The lowest BCUT2D eigenvalue weighted by atomic mass is 9.86. The zero-order valence-electron chi connectivity index (χ0n) is 15.7. The van der Waals surface area contributed by atoms with Gasteiger partial charge < -0.3 is 5.32 Å². The van der Waals surface area contributed by atoms with Crippen molar-refractivity contribution in [3.05, 3.63) is 35.4 Å². The van der Waals surface area contributed by atoms with Crippen molar-refractivity contribution in [1.29, 1.82) is 0 Å². The lowest BCUT2D eigenvalue weighted by molar-refractivity contribution is -0.126. The fraction of sp³-hybridized carbons (Fsp3) is 0.632. The maximum Gasteiger partial charge on any atom is 0.224 e. The summed E-state index contributed by atoms with van der Waals surface area (Å²) < 4.78 is 24.7. The van der Waals surface area contributed by atoms with Crippen LogP contribution in [0.25, 0.3) is 0 Å². The molecule has 0 radical (unpaired) electrons. The first kappa shape index (κ1) is 19.9. The molecule has 1 aromatic rings. The summed E-state index contributed by atoms with van der Waals surface area (Å²) in [5.74, 6) is -0.286. The second-order valence-electron chi connectivity index (χ2n) is 7.95. The monoisotopic (exact) mass is 366 g/mol. The molecule has 1 amide bonds. The number of hydrogen-bond acceptors (Lipinski definition) is 3. The number of nitrogens with zero attached hydrogens (tertiary/aromatic N) is 1. The van der Waals surface area contributed by atoms with Crippen LogP contribution in [0.1, 0.15) is 44.7 Å². The molecule has 140 valence electrons. The molecule has 1 atom stereocenters. The van der Waals surface area contributed by atoms with E-state index in [0.717, 1.165) is 19.3 Å². The van der Waals surface area contributed by atoms with Gasteiger partial charge in [-0.05, 0) is 35.8 Å². The molecule has 2 rings (SSSR count). The largest absolute Gasteiger partial charge is 0.355 e. The Balaban J connectivity index is 1.82. The summed E-state index contributed by atoms with van der Waals surface area (Å²) in [6, 6.07) is 8.50. The van der Waals surface area contributed by atoms with Gasteiger partial charge in [0.25, 0.3) is 0 Å². The smallest absolute Gasteiger partial charge is 0.224 e. The van der Waals surface area contributed by atoms with E-state index in [2.05, 4.69) is 50.4 Å². The van der Waals surface area contributed by atoms with E-state index < -0.39 is 10.0 Å². The molecule has 6 heteroatoms. The maximum atomic E-state index is 12.3. The predicted molar refractivity (Wildman–Crippen MR) is 101 cm³/mol. The van der Waals surface area contributed by atoms with Crippen LogP contribution in [0.4, 0.5) is 0 Å². The number of nitrogens with one attached hydrogen (secondary N) is 1. The molecule has 1 unspecified atom stereocenters. The van der Waals surface area contributed by atoms with Crippen molar-refractivity contribution in [3.8, 4) is 0 Å². The number of piperidine rings is 1. The lowest BCUT2D eigenvalue weighted by Gasteiger charge is -2.30. The molecule has 1 saturated heterocycles. The molecule has 25 heavy (non-hydrogen) atoms. The molecular formula is C19H30N2O3S. The van der Waals surface area contributed by atoms with E-state index >= 15 is 0 Å². The molecule has 0 spiro atoms. The first-order valence-electron chi connectivity index (χ1n) is 8.89. The van der Waals surface area contributed by atoms with E-state index in [0.29, 0.717) is 19.6 Å². The van der Waals surface area contributed by atoms with Gasteiger partial charge in [0.2, 0.25) is 15.9 Å². The molecule has 1 aliphatic rings. The highest BCUT2D eigenvalue weighted by molar-refractivity contribution is 7.88. The van der Waals surface area contributed by atoms with Gasteiger partial charge in [0.05, 0.1) is 12.2 Å². The normalized spacial score (nSPS) is 19.6. The molecule has 0 aromatic heterocycles. The highest BCUT2D eigenvalue weighted by atomic mass is 32.2. The number of sulfonamides is 1. The van der Waals surface area contributed by atoms with Crippen LogP contribution in [0.15, 0.2) is 24.3 Å². The third-order valence-electron chi connectivity index (χ3n) is 4.76. The molecule has 1 heterocycles. The standard InChI is InChI=1S/C19H30N2O3S/c1-19(2,3)17-9-7-15(8-10-17)11-12-20-18(22)16-6-5-13-21(14-16)25(4,23)24/h7-10,16H,5-6,11-14H2,1-4H3,(H,20,22). The minimum Gasteiger partial charge on any atom is -0.355 e. The van der Waals surface area contributed by atoms with Crippen molar-refractivity contribution >= 4 is 15.9 Å². The van der Waals surface area contributed by atoms with Crippen molar-refractivity contribution in [1.82, 2.24) is 9.62 Å². The minimum atomic E-state index is -3.22. The SMILES string of the molecule is CC(C)(C)c1ccc(CCNC(=O)C2CCCN(S(C)(=O)=O)C2)cc1. The number of carbonyl (C=O) groups is 1. The molecule has 1 aromatic carbocycles. The van der Waals surface area contributed by atoms with E-state index in [1.807, 2.05) is 0 Å². The van der Waals surface area contributed by atoms with E-state index in [1.165, 1.54) is 21.7 Å². The molecule has 1 fully saturated rings. The first-order chi connectivity index (χ1) is 11.6. The van der Waals surface area contributed by atoms with Crippen LogP contribution in [-0.4, -0.2) is 44.5 Å². The Hall–Kier alpha value is -1.40. The van der Waals surface area contributed by atoms with Crippen LogP contribution in [0.2, 0.25) is 0 Å². The molecule has 0 bridgehead atoms. The number of hydrogen-bond donors (Lipinski definition) is 1. The van der Waals surface area contributed by atoms with Crippen LogP contribution in [0.5, 0.6) is 0 Å². The van der Waals surface area contributed by atoms with Gasteiger partial charge >= 0.3 is 0 Å². The van der Waals surface area contributed by atoms with Gasteiger partial charge in [-0.15, -0.1) is 0 Å². The predicted octanol–water partition coefficient (Wildman–Crippen LogP) is 2.31. The van der Waals surface area contributed by atoms with Crippen molar-refractivity contribution in [2.24, 2.45) is 5.92 Å². The molecule has 1 aliphatic heterocycles. The van der Waals surface area contributed by atoms with Gasteiger partial charge in [0.1, 0.15) is 0 Å². The average molecular weight is 367 g/mol. The highest BCUT2D eigenvalue weighted by Crippen LogP contribution is 2.22. The highest BCUT2D eigenvalue weighted by Gasteiger charge is 2.29. The van der Waals surface area contributed by atoms with Crippen molar-refractivity contribution in [3.63, 3.8) is 0 Å². The fourth-order valence-electron chi connectivity index (χ4n) is 3.10. The van der Waals surface area contributed by atoms with Crippen LogP contribution in [0.3, 0.4) is 0 Å². The Bertz CT molecular complexity index is 690. The van der Waals surface area contributed by atoms with Gasteiger partial charge in [-0.1, -0.05) is 45.0 Å². The molecular weight excluding hydrogens is 336 g/mol. The first-order valence-corrected chi connectivity index (χ1v) is 10.7. The quantitative estimate of drug-likeness (QED) is 0.870. The lowest BCUT2D eigenvalue weighted by Crippen LogP contribution is -2.45. The Labute approximate surface area is 151 Å². The van der Waals surface area contributed by atoms with Gasteiger partial charge in [0.15, 0.2) is 0 Å². The number of amides is 1. The second kappa shape index (κ2) is 7.87. The van der Waals surface area contributed by atoms with Gasteiger partial charge in [-0.3, -0.25) is 4.79 Å². The number of rotatable bonds is 5. The van der Waals surface area contributed by atoms with Crippen LogP contribution < -0.4 is 5.32 Å². The van der Waals surface area contributed by atoms with Gasteiger partial charge in [-0.2, -0.15) is 0 Å². The molecule has 1 N–H and O–H groups in total. The van der Waals surface area contributed by atoms with Crippen molar-refractivity contribution in [2.45, 2.75) is 45.4 Å². The summed E-state index contributed by atoms with van der Waals surface area (Å²) in [7, 11) is -3.22. The molecule has 5 nitrogen and oxygen atoms in total. The summed E-state index contributed by atoms with van der Waals surface area (Å²) in [5, 5.41) is 2.96. The third kappa shape index (κ3) is 5.82. The second-order valence-corrected chi connectivity index (χ2v) is 9.93. The summed E-state index contributed by atoms with van der Waals surface area (Å²) in [6.07, 6.45) is 3.46. The van der Waals surface area contributed by atoms with Gasteiger partial charge in [0, 0.05) is 19.6 Å². The van der Waals surface area contributed by atoms with E-state index in [1.54, 1.807) is 0 Å². The minimum absolute atomic E-state index is 0.0420. The topological polar surface area (TPSA) is 66.5 Å². The third-order valence-corrected chi connectivity index (χ3v) is 6.03. The number of carbonyl (C=O) groups excluding carboxylic acids is 1. The Morgan fingerprint density at radius 3 is 2.44 bits per heavy atom. The Morgan fingerprint density at radius 1 is 1.24 bits per heavy atom. The van der Waals surface area contributed by atoms with Crippen molar-refractivity contribution in [2.75, 3.05) is 25.9 Å². The Morgan fingerprint density at radius 2 is 1.88 bits per heavy atom. The van der Waals surface area contributed by atoms with Crippen LogP contribution in [0, 0.1) is 5.92 Å². The van der Waals surface area contributed by atoms with Crippen LogP contribution in [-0.2, 0) is 26.7 Å². The zero-order chi connectivity index (χ0) is 18.7. The maximum absolute atomic E-state index is 12.3. The summed E-state index contributed by atoms with van der Waals surface area (Å²) >= 11 is 0. The van der Waals surface area contributed by atoms with E-state index in [-0.39, 0.29) is 17.2 Å². The van der Waals surface area contributed by atoms with Crippen molar-refractivity contribution < 1.29 is 13.2 Å². The summed E-state index contributed by atoms with van der Waals surface area (Å²) in [6.45, 7) is 7.95. The molecule has 0 aliphatic carbocycles. The average Bonchev–Trinajstić information content (AvgIpc) is 2.54. The van der Waals surface area contributed by atoms with E-state index in [4.69, 9.17) is 0 Å². The summed E-state index contributed by atoms with van der Waals surface area (Å²) in [5.41, 5.74) is 2.62. The summed E-state index contributed by atoms with van der Waals surface area (Å²) in [4.78, 5) is 12.3. The molecule has 0 saturated carbocycles. The zero-order valence-corrected chi connectivity index (χ0v) is 16.5. The Kier molecular flexibility index (Phi) is 6.27. The van der Waals surface area contributed by atoms with Crippen LogP contribution >= 0.6 is 0 Å². The fourth-order valence-corrected chi connectivity index (χ4v) is 4.01. The van der Waals surface area contributed by atoms with E-state index in [9.17, 15) is 13.2 Å².